The third-order valence-corrected chi connectivity index (χ3v) is 4.11. The van der Waals surface area contributed by atoms with Crippen LogP contribution in [-0.2, 0) is 9.63 Å². The number of carbonyl (C=O) groups is 2. The number of hydroxylamine groups is 2. The van der Waals surface area contributed by atoms with Gasteiger partial charge in [-0.2, -0.15) is 0 Å². The minimum absolute atomic E-state index is 0.198. The number of carbonyl (C=O) groups excluding carboxylic acids is 2. The number of benzene rings is 1. The molecule has 0 unspecified atom stereocenters. The van der Waals surface area contributed by atoms with Crippen molar-refractivity contribution in [1.29, 1.82) is 0 Å². The average molecular weight is 324 g/mol. The van der Waals surface area contributed by atoms with E-state index in [1.165, 1.54) is 5.56 Å². The van der Waals surface area contributed by atoms with E-state index in [0.717, 1.165) is 25.9 Å². The highest BCUT2D eigenvalue weighted by atomic mass is 35.5. The molecule has 1 heterocycles. The molecule has 0 saturated carbocycles. The molecule has 4 nitrogen and oxygen atoms in total. The quantitative estimate of drug-likeness (QED) is 0.795. The van der Waals surface area contributed by atoms with Crippen molar-refractivity contribution >= 4 is 22.8 Å². The zero-order valence-electron chi connectivity index (χ0n) is 13.3. The minimum atomic E-state index is -0.485. The summed E-state index contributed by atoms with van der Waals surface area (Å²) in [7, 11) is 0. The molecule has 1 saturated heterocycles. The molecular formula is C17H22ClNO3. The molecule has 22 heavy (non-hydrogen) atoms. The first-order valence-corrected chi connectivity index (χ1v) is 7.92. The lowest BCUT2D eigenvalue weighted by Crippen LogP contribution is -2.38. The van der Waals surface area contributed by atoms with Gasteiger partial charge < -0.3 is 4.84 Å². The summed E-state index contributed by atoms with van der Waals surface area (Å²) in [4.78, 5) is 28.4. The van der Waals surface area contributed by atoms with Gasteiger partial charge in [0.1, 0.15) is 0 Å². The molecule has 5 heteroatoms. The smallest absolute Gasteiger partial charge is 0.330 e. The normalized spacial score (nSPS) is 17.3. The molecule has 0 bridgehead atoms. The minimum Gasteiger partial charge on any atom is -0.367 e. The molecule has 1 fully saturated rings. The Morgan fingerprint density at radius 3 is 2.14 bits per heavy atom. The molecule has 120 valence electrons. The van der Waals surface area contributed by atoms with Crippen molar-refractivity contribution in [2.75, 3.05) is 13.1 Å². The second-order valence-electron chi connectivity index (χ2n) is 6.73. The van der Waals surface area contributed by atoms with Gasteiger partial charge in [-0.15, -0.1) is 5.06 Å². The maximum Gasteiger partial charge on any atom is 0.330 e. The van der Waals surface area contributed by atoms with Crippen LogP contribution in [0.4, 0.5) is 0 Å². The van der Waals surface area contributed by atoms with E-state index in [-0.39, 0.29) is 5.97 Å². The van der Waals surface area contributed by atoms with E-state index >= 15 is 0 Å². The van der Waals surface area contributed by atoms with Crippen LogP contribution in [-0.4, -0.2) is 29.4 Å². The first-order valence-electron chi connectivity index (χ1n) is 7.54. The molecule has 0 atom stereocenters. The Kier molecular flexibility index (Phi) is 5.24. The predicted molar refractivity (Wildman–Crippen MR) is 85.7 cm³/mol. The highest BCUT2D eigenvalue weighted by molar-refractivity contribution is 6.67. The molecule has 0 aromatic heterocycles. The van der Waals surface area contributed by atoms with Crippen molar-refractivity contribution < 1.29 is 14.4 Å². The molecule has 1 aromatic rings. The lowest BCUT2D eigenvalue weighted by molar-refractivity contribution is -0.204. The van der Waals surface area contributed by atoms with Gasteiger partial charge in [-0.1, -0.05) is 12.1 Å². The predicted octanol–water partition coefficient (Wildman–Crippen LogP) is 3.75. The van der Waals surface area contributed by atoms with Crippen molar-refractivity contribution in [3.63, 3.8) is 0 Å². The summed E-state index contributed by atoms with van der Waals surface area (Å²) in [5, 5.41) is 1.32. The van der Waals surface area contributed by atoms with Crippen LogP contribution in [0.25, 0.3) is 0 Å². The Bertz CT molecular complexity index is 540. The van der Waals surface area contributed by atoms with E-state index in [4.69, 9.17) is 16.4 Å². The van der Waals surface area contributed by atoms with E-state index in [2.05, 4.69) is 0 Å². The zero-order valence-corrected chi connectivity index (χ0v) is 14.0. The van der Waals surface area contributed by atoms with Crippen molar-refractivity contribution in [1.82, 2.24) is 5.06 Å². The van der Waals surface area contributed by atoms with Crippen LogP contribution in [0.3, 0.4) is 0 Å². The van der Waals surface area contributed by atoms with Gasteiger partial charge in [0.25, 0.3) is 5.24 Å². The number of nitrogens with zero attached hydrogens (tertiary/aromatic N) is 1. The third kappa shape index (κ3) is 4.31. The average Bonchev–Trinajstić information content (AvgIpc) is 2.47. The molecule has 1 aliphatic rings. The van der Waals surface area contributed by atoms with Crippen molar-refractivity contribution in [2.45, 2.75) is 39.5 Å². The van der Waals surface area contributed by atoms with Crippen LogP contribution in [0.5, 0.6) is 0 Å². The van der Waals surface area contributed by atoms with Crippen LogP contribution in [0.15, 0.2) is 24.3 Å². The molecule has 0 radical (unpaired) electrons. The van der Waals surface area contributed by atoms with Gasteiger partial charge in [0.2, 0.25) is 0 Å². The molecular weight excluding hydrogens is 302 g/mol. The lowest BCUT2D eigenvalue weighted by atomic mass is 9.89. The van der Waals surface area contributed by atoms with Crippen LogP contribution in [0.2, 0.25) is 0 Å². The third-order valence-electron chi connectivity index (χ3n) is 3.89. The largest absolute Gasteiger partial charge is 0.367 e. The highest BCUT2D eigenvalue weighted by Crippen LogP contribution is 2.29. The summed E-state index contributed by atoms with van der Waals surface area (Å²) in [5.74, 6) is 0.222. The van der Waals surface area contributed by atoms with Crippen LogP contribution in [0.1, 0.15) is 55.5 Å². The zero-order chi connectivity index (χ0) is 16.3. The molecule has 1 aromatic carbocycles. The summed E-state index contributed by atoms with van der Waals surface area (Å²) >= 11 is 5.45. The van der Waals surface area contributed by atoms with E-state index < -0.39 is 10.7 Å². The van der Waals surface area contributed by atoms with E-state index in [1.54, 1.807) is 17.2 Å². The summed E-state index contributed by atoms with van der Waals surface area (Å²) in [6, 6.07) is 7.43. The molecule has 0 N–H and O–H groups in total. The fraction of sp³-hybridized carbons (Fsp3) is 0.529. The van der Waals surface area contributed by atoms with Gasteiger partial charge in [0.05, 0.1) is 5.41 Å². The fourth-order valence-corrected chi connectivity index (χ4v) is 2.55. The summed E-state index contributed by atoms with van der Waals surface area (Å²) in [6.07, 6.45) is 1.84. The summed E-state index contributed by atoms with van der Waals surface area (Å²) < 4.78 is 0. The van der Waals surface area contributed by atoms with Gasteiger partial charge in [-0.25, -0.2) is 4.79 Å². The number of rotatable bonds is 3. The van der Waals surface area contributed by atoms with E-state index in [9.17, 15) is 9.59 Å². The molecule has 0 aliphatic carbocycles. The second kappa shape index (κ2) is 6.80. The van der Waals surface area contributed by atoms with Crippen molar-refractivity contribution in [3.8, 4) is 0 Å². The van der Waals surface area contributed by atoms with Crippen LogP contribution >= 0.6 is 11.6 Å². The Morgan fingerprint density at radius 1 is 1.14 bits per heavy atom. The van der Waals surface area contributed by atoms with Gasteiger partial charge in [0.15, 0.2) is 0 Å². The standard InChI is InChI=1S/C17H22ClNO3/c1-17(2,3)16(21)22-19-10-8-13(9-11-19)12-4-6-14(7-5-12)15(18)20/h4-7,13H,8-11H2,1-3H3. The van der Waals surface area contributed by atoms with Gasteiger partial charge in [0, 0.05) is 18.7 Å². The summed E-state index contributed by atoms with van der Waals surface area (Å²) in [5.41, 5.74) is 1.23. The van der Waals surface area contributed by atoms with Crippen LogP contribution in [0, 0.1) is 5.41 Å². The SMILES string of the molecule is CC(C)(C)C(=O)ON1CCC(c2ccc(C(=O)Cl)cc2)CC1. The van der Waals surface area contributed by atoms with Gasteiger partial charge >= 0.3 is 5.97 Å². The number of piperidine rings is 1. The highest BCUT2D eigenvalue weighted by Gasteiger charge is 2.28. The molecule has 0 amide bonds. The second-order valence-corrected chi connectivity index (χ2v) is 7.07. The maximum atomic E-state index is 11.9. The number of halogens is 1. The van der Waals surface area contributed by atoms with Crippen molar-refractivity contribution in [3.05, 3.63) is 35.4 Å². The first kappa shape index (κ1) is 17.0. The van der Waals surface area contributed by atoms with Crippen molar-refractivity contribution in [2.24, 2.45) is 5.41 Å². The first-order chi connectivity index (χ1) is 10.3. The number of hydrogen-bond acceptors (Lipinski definition) is 4. The Morgan fingerprint density at radius 2 is 1.68 bits per heavy atom. The van der Waals surface area contributed by atoms with Gasteiger partial charge in [-0.3, -0.25) is 4.79 Å². The van der Waals surface area contributed by atoms with E-state index in [0.29, 0.717) is 11.5 Å². The molecule has 2 rings (SSSR count). The molecule has 0 spiro atoms. The Balaban J connectivity index is 1.89. The Hall–Kier alpha value is -1.39. The van der Waals surface area contributed by atoms with Crippen LogP contribution < -0.4 is 0 Å². The number of hydrogen-bond donors (Lipinski definition) is 0. The van der Waals surface area contributed by atoms with Gasteiger partial charge in [-0.05, 0) is 68.8 Å². The summed E-state index contributed by atoms with van der Waals surface area (Å²) in [6.45, 7) is 7.00. The lowest BCUT2D eigenvalue weighted by Gasteiger charge is -2.32. The maximum absolute atomic E-state index is 11.9. The topological polar surface area (TPSA) is 46.6 Å². The fourth-order valence-electron chi connectivity index (χ4n) is 2.42. The molecule has 1 aliphatic heterocycles. The monoisotopic (exact) mass is 323 g/mol. The Labute approximate surface area is 136 Å². The van der Waals surface area contributed by atoms with E-state index in [1.807, 2.05) is 32.9 Å².